The van der Waals surface area contributed by atoms with Gasteiger partial charge in [-0.3, -0.25) is 5.41 Å². The SMILES string of the molecule is CSC(=N)C(c1ccc[nH]1)C(N)(C=O)C(=O)O. The fourth-order valence-corrected chi connectivity index (χ4v) is 2.06. The average molecular weight is 255 g/mol. The lowest BCUT2D eigenvalue weighted by atomic mass is 9.84. The molecule has 2 atom stereocenters. The van der Waals surface area contributed by atoms with Crippen molar-refractivity contribution in [3.63, 3.8) is 0 Å². The van der Waals surface area contributed by atoms with E-state index >= 15 is 0 Å². The summed E-state index contributed by atoms with van der Waals surface area (Å²) in [5.74, 6) is -2.46. The van der Waals surface area contributed by atoms with Crippen molar-refractivity contribution >= 4 is 29.1 Å². The molecule has 7 heteroatoms. The number of hydrogen-bond acceptors (Lipinski definition) is 5. The van der Waals surface area contributed by atoms with E-state index in [0.717, 1.165) is 11.8 Å². The molecule has 1 rings (SSSR count). The molecular weight excluding hydrogens is 242 g/mol. The highest BCUT2D eigenvalue weighted by Crippen LogP contribution is 2.29. The summed E-state index contributed by atoms with van der Waals surface area (Å²) in [5.41, 5.74) is 3.91. The third kappa shape index (κ3) is 2.40. The number of thioether (sulfide) groups is 1. The van der Waals surface area contributed by atoms with Crippen LogP contribution >= 0.6 is 11.8 Å². The second-order valence-electron chi connectivity index (χ2n) is 3.48. The molecule has 0 aliphatic heterocycles. The average Bonchev–Trinajstić information content (AvgIpc) is 2.81. The van der Waals surface area contributed by atoms with Crippen LogP contribution in [0, 0.1) is 5.41 Å². The Morgan fingerprint density at radius 3 is 2.76 bits per heavy atom. The number of carboxylic acid groups (broad SMARTS) is 1. The van der Waals surface area contributed by atoms with Crippen molar-refractivity contribution in [2.45, 2.75) is 11.5 Å². The predicted molar refractivity (Wildman–Crippen MR) is 65.4 cm³/mol. The molecule has 6 nitrogen and oxygen atoms in total. The summed E-state index contributed by atoms with van der Waals surface area (Å²) < 4.78 is 0. The van der Waals surface area contributed by atoms with Gasteiger partial charge in [-0.05, 0) is 18.4 Å². The smallest absolute Gasteiger partial charge is 0.332 e. The molecule has 1 aromatic rings. The third-order valence-electron chi connectivity index (χ3n) is 2.46. The Kier molecular flexibility index (Phi) is 4.08. The Hall–Kier alpha value is -1.60. The monoisotopic (exact) mass is 255 g/mol. The number of nitrogens with one attached hydrogen (secondary N) is 2. The first-order valence-electron chi connectivity index (χ1n) is 4.71. The van der Waals surface area contributed by atoms with Crippen LogP contribution in [0.25, 0.3) is 0 Å². The van der Waals surface area contributed by atoms with Crippen molar-refractivity contribution in [2.24, 2.45) is 5.73 Å². The van der Waals surface area contributed by atoms with Gasteiger partial charge >= 0.3 is 5.97 Å². The fourth-order valence-electron chi connectivity index (χ4n) is 1.50. The zero-order valence-electron chi connectivity index (χ0n) is 9.14. The molecule has 0 spiro atoms. The summed E-state index contributed by atoms with van der Waals surface area (Å²) in [7, 11) is 0. The van der Waals surface area contributed by atoms with E-state index < -0.39 is 17.4 Å². The van der Waals surface area contributed by atoms with Crippen LogP contribution < -0.4 is 5.73 Å². The number of carbonyl (C=O) groups excluding carboxylic acids is 1. The van der Waals surface area contributed by atoms with Crippen molar-refractivity contribution < 1.29 is 14.7 Å². The fraction of sp³-hybridized carbons (Fsp3) is 0.300. The van der Waals surface area contributed by atoms with Gasteiger partial charge in [-0.15, -0.1) is 11.8 Å². The van der Waals surface area contributed by atoms with Gasteiger partial charge < -0.3 is 20.6 Å². The molecule has 0 amide bonds. The highest BCUT2D eigenvalue weighted by atomic mass is 32.2. The first-order chi connectivity index (χ1) is 7.97. The van der Waals surface area contributed by atoms with E-state index in [1.54, 1.807) is 24.6 Å². The number of hydrogen-bond donors (Lipinski definition) is 4. The molecule has 1 heterocycles. The third-order valence-corrected chi connectivity index (χ3v) is 3.13. The minimum absolute atomic E-state index is 0.0180. The van der Waals surface area contributed by atoms with Crippen LogP contribution in [0.5, 0.6) is 0 Å². The van der Waals surface area contributed by atoms with Gasteiger partial charge in [0, 0.05) is 11.9 Å². The maximum Gasteiger partial charge on any atom is 0.332 e. The van der Waals surface area contributed by atoms with Gasteiger partial charge in [0.05, 0.1) is 11.0 Å². The number of aldehydes is 1. The molecule has 0 aromatic carbocycles. The summed E-state index contributed by atoms with van der Waals surface area (Å²) in [6.45, 7) is 0. The molecule has 17 heavy (non-hydrogen) atoms. The van der Waals surface area contributed by atoms with Gasteiger partial charge in [0.1, 0.15) is 0 Å². The molecule has 0 fully saturated rings. The quantitative estimate of drug-likeness (QED) is 0.263. The topological polar surface area (TPSA) is 120 Å². The molecule has 0 bridgehead atoms. The molecule has 1 aromatic heterocycles. The normalized spacial score (nSPS) is 15.9. The van der Waals surface area contributed by atoms with Crippen LogP contribution in [-0.2, 0) is 9.59 Å². The molecule has 5 N–H and O–H groups in total. The number of rotatable bonds is 5. The molecule has 0 aliphatic rings. The first kappa shape index (κ1) is 13.5. The highest BCUT2D eigenvalue weighted by Gasteiger charge is 2.46. The van der Waals surface area contributed by atoms with E-state index in [-0.39, 0.29) is 11.3 Å². The Labute approximate surface area is 102 Å². The van der Waals surface area contributed by atoms with Crippen LogP contribution in [0.2, 0.25) is 0 Å². The number of carbonyl (C=O) groups is 2. The van der Waals surface area contributed by atoms with Crippen LogP contribution in [0.3, 0.4) is 0 Å². The summed E-state index contributed by atoms with van der Waals surface area (Å²) in [5, 5.41) is 16.9. The zero-order chi connectivity index (χ0) is 13.1. The second-order valence-corrected chi connectivity index (χ2v) is 4.33. The van der Waals surface area contributed by atoms with E-state index in [9.17, 15) is 9.59 Å². The van der Waals surface area contributed by atoms with Gasteiger partial charge in [0.15, 0.2) is 11.8 Å². The summed E-state index contributed by atoms with van der Waals surface area (Å²) >= 11 is 1.05. The minimum atomic E-state index is -2.13. The van der Waals surface area contributed by atoms with Gasteiger partial charge in [0.25, 0.3) is 0 Å². The van der Waals surface area contributed by atoms with E-state index in [2.05, 4.69) is 4.98 Å². The standard InChI is InChI=1S/C10H13N3O3S/c1-17-8(11)7(6-3-2-4-13-6)10(12,5-14)9(15)16/h2-5,7,11,13H,12H2,1H3,(H,15,16). The van der Waals surface area contributed by atoms with Crippen molar-refractivity contribution in [1.29, 1.82) is 5.41 Å². The first-order valence-corrected chi connectivity index (χ1v) is 5.94. The lowest BCUT2D eigenvalue weighted by molar-refractivity contribution is -0.145. The highest BCUT2D eigenvalue weighted by molar-refractivity contribution is 8.13. The Bertz CT molecular complexity index is 432. The summed E-state index contributed by atoms with van der Waals surface area (Å²) in [4.78, 5) is 24.9. The second kappa shape index (κ2) is 5.15. The number of aromatic amines is 1. The largest absolute Gasteiger partial charge is 0.480 e. The number of H-pyrrole nitrogens is 1. The number of carboxylic acids is 1. The Balaban J connectivity index is 3.28. The van der Waals surface area contributed by atoms with E-state index in [1.165, 1.54) is 0 Å². The maximum absolute atomic E-state index is 11.1. The van der Waals surface area contributed by atoms with Crippen LogP contribution in [0.4, 0.5) is 0 Å². The predicted octanol–water partition coefficient (Wildman–Crippen LogP) is 0.420. The molecule has 0 aliphatic carbocycles. The number of aliphatic carboxylic acids is 1. The molecular formula is C10H13N3O3S. The lowest BCUT2D eigenvalue weighted by Gasteiger charge is -2.27. The maximum atomic E-state index is 11.1. The zero-order valence-corrected chi connectivity index (χ0v) is 9.95. The Morgan fingerprint density at radius 1 is 1.76 bits per heavy atom. The number of nitrogens with two attached hydrogens (primary N) is 1. The van der Waals surface area contributed by atoms with Gasteiger partial charge in [0.2, 0.25) is 0 Å². The Morgan fingerprint density at radius 2 is 2.41 bits per heavy atom. The van der Waals surface area contributed by atoms with Crippen LogP contribution in [-0.4, -0.2) is 39.2 Å². The molecule has 2 unspecified atom stereocenters. The lowest BCUT2D eigenvalue weighted by Crippen LogP contribution is -2.56. The van der Waals surface area contributed by atoms with Crippen LogP contribution in [0.1, 0.15) is 11.6 Å². The summed E-state index contributed by atoms with van der Waals surface area (Å²) in [6, 6.07) is 3.26. The van der Waals surface area contributed by atoms with E-state index in [4.69, 9.17) is 16.2 Å². The molecule has 0 radical (unpaired) electrons. The summed E-state index contributed by atoms with van der Waals surface area (Å²) in [6.07, 6.45) is 3.39. The van der Waals surface area contributed by atoms with Gasteiger partial charge in [-0.1, -0.05) is 0 Å². The van der Waals surface area contributed by atoms with E-state index in [1.807, 2.05) is 0 Å². The van der Waals surface area contributed by atoms with Crippen molar-refractivity contribution in [2.75, 3.05) is 6.26 Å². The molecule has 0 saturated carbocycles. The van der Waals surface area contributed by atoms with Gasteiger partial charge in [-0.2, -0.15) is 0 Å². The van der Waals surface area contributed by atoms with Gasteiger partial charge in [-0.25, -0.2) is 4.79 Å². The van der Waals surface area contributed by atoms with Crippen molar-refractivity contribution in [3.05, 3.63) is 24.0 Å². The van der Waals surface area contributed by atoms with Crippen LogP contribution in [0.15, 0.2) is 18.3 Å². The van der Waals surface area contributed by atoms with Crippen molar-refractivity contribution in [1.82, 2.24) is 4.98 Å². The molecule has 92 valence electrons. The van der Waals surface area contributed by atoms with Crippen molar-refractivity contribution in [3.8, 4) is 0 Å². The molecule has 0 saturated heterocycles. The minimum Gasteiger partial charge on any atom is -0.480 e. The van der Waals surface area contributed by atoms with E-state index in [0.29, 0.717) is 5.69 Å². The number of aromatic nitrogens is 1.